The van der Waals surface area contributed by atoms with E-state index in [4.69, 9.17) is 10.8 Å². The Hall–Kier alpha value is -1.47. The molecule has 15 heavy (non-hydrogen) atoms. The van der Waals surface area contributed by atoms with Gasteiger partial charge in [0.1, 0.15) is 6.04 Å². The first kappa shape index (κ1) is 13.5. The summed E-state index contributed by atoms with van der Waals surface area (Å²) in [6.07, 6.45) is -0.246. The van der Waals surface area contributed by atoms with Crippen molar-refractivity contribution in [2.24, 2.45) is 5.73 Å². The van der Waals surface area contributed by atoms with E-state index in [0.29, 0.717) is 0 Å². The number of aliphatic carboxylic acids is 1. The summed E-state index contributed by atoms with van der Waals surface area (Å²) in [5, 5.41) is 10.9. The molecule has 1 atom stereocenters. The molecule has 0 aliphatic rings. The molecule has 0 spiro atoms. The lowest BCUT2D eigenvalue weighted by atomic mass is 10.2. The molecular weight excluding hydrogens is 204 g/mol. The Morgan fingerprint density at radius 1 is 1.40 bits per heavy atom. The molecule has 7 heteroatoms. The van der Waals surface area contributed by atoms with Crippen LogP contribution in [0, 0.1) is 0 Å². The number of nitrogens with one attached hydrogen (secondary N) is 1. The summed E-state index contributed by atoms with van der Waals surface area (Å²) < 4.78 is 4.33. The quantitative estimate of drug-likeness (QED) is 0.365. The van der Waals surface area contributed by atoms with Gasteiger partial charge >= 0.3 is 17.9 Å². The van der Waals surface area contributed by atoms with Gasteiger partial charge in [0.15, 0.2) is 0 Å². The fraction of sp³-hybridized carbons (Fsp3) is 0.625. The molecule has 86 valence electrons. The molecule has 0 bridgehead atoms. The number of nitrogens with two attached hydrogens (primary N) is 1. The molecule has 0 amide bonds. The Balaban J connectivity index is 3.75. The minimum absolute atomic E-state index is 0.0546. The summed E-state index contributed by atoms with van der Waals surface area (Å²) in [6, 6.07) is -1.11. The first-order valence-electron chi connectivity index (χ1n) is 4.34. The third-order valence-corrected chi connectivity index (χ3v) is 1.53. The van der Waals surface area contributed by atoms with E-state index in [9.17, 15) is 14.4 Å². The molecule has 0 aromatic heterocycles. The second-order valence-corrected chi connectivity index (χ2v) is 2.86. The van der Waals surface area contributed by atoms with Gasteiger partial charge in [0.05, 0.1) is 6.54 Å². The normalized spacial score (nSPS) is 11.9. The fourth-order valence-corrected chi connectivity index (χ4v) is 0.755. The van der Waals surface area contributed by atoms with Gasteiger partial charge in [-0.2, -0.15) is 0 Å². The lowest BCUT2D eigenvalue weighted by Gasteiger charge is -2.05. The van der Waals surface area contributed by atoms with Crippen molar-refractivity contribution in [2.45, 2.75) is 18.9 Å². The molecule has 0 fully saturated rings. The first-order chi connectivity index (χ1) is 6.97. The van der Waals surface area contributed by atoms with Gasteiger partial charge < -0.3 is 20.9 Å². The van der Waals surface area contributed by atoms with Crippen molar-refractivity contribution in [3.05, 3.63) is 0 Å². The van der Waals surface area contributed by atoms with E-state index in [-0.39, 0.29) is 19.4 Å². The van der Waals surface area contributed by atoms with Crippen LogP contribution in [0.1, 0.15) is 12.8 Å². The van der Waals surface area contributed by atoms with Crippen LogP contribution >= 0.6 is 0 Å². The molecular formula is C8H14N2O5. The molecule has 0 aromatic rings. The largest absolute Gasteiger partial charge is 0.480 e. The summed E-state index contributed by atoms with van der Waals surface area (Å²) in [5.41, 5.74) is 5.15. The van der Waals surface area contributed by atoms with Crippen LogP contribution in [0.4, 0.5) is 0 Å². The van der Waals surface area contributed by atoms with Crippen molar-refractivity contribution >= 4 is 17.9 Å². The van der Waals surface area contributed by atoms with E-state index >= 15 is 0 Å². The average molecular weight is 218 g/mol. The zero-order valence-electron chi connectivity index (χ0n) is 8.36. The number of rotatable bonds is 6. The highest BCUT2D eigenvalue weighted by Crippen LogP contribution is 1.97. The topological polar surface area (TPSA) is 119 Å². The van der Waals surface area contributed by atoms with Gasteiger partial charge in [0.25, 0.3) is 0 Å². The summed E-state index contributed by atoms with van der Waals surface area (Å²) in [7, 11) is 1.53. The molecule has 0 aliphatic carbocycles. The average Bonchev–Trinajstić information content (AvgIpc) is 2.14. The lowest BCUT2D eigenvalue weighted by molar-refractivity contribution is -0.159. The number of carboxylic acids is 1. The molecule has 0 aliphatic heterocycles. The lowest BCUT2D eigenvalue weighted by Crippen LogP contribution is -2.31. The number of carbonyl (C=O) groups is 3. The number of carboxylic acid groups (broad SMARTS) is 1. The van der Waals surface area contributed by atoms with Gasteiger partial charge in [-0.15, -0.1) is 0 Å². The van der Waals surface area contributed by atoms with E-state index in [0.717, 1.165) is 0 Å². The highest BCUT2D eigenvalue weighted by atomic mass is 16.6. The van der Waals surface area contributed by atoms with Crippen LogP contribution in [0.3, 0.4) is 0 Å². The number of hydrogen-bond donors (Lipinski definition) is 3. The van der Waals surface area contributed by atoms with Crippen LogP contribution in [0.15, 0.2) is 0 Å². The predicted octanol–water partition coefficient (Wildman–Crippen LogP) is -1.53. The second-order valence-electron chi connectivity index (χ2n) is 2.86. The Morgan fingerprint density at radius 3 is 2.47 bits per heavy atom. The van der Waals surface area contributed by atoms with Crippen LogP contribution in [-0.2, 0) is 19.1 Å². The molecule has 4 N–H and O–H groups in total. The monoisotopic (exact) mass is 218 g/mol. The molecule has 7 nitrogen and oxygen atoms in total. The van der Waals surface area contributed by atoms with E-state index in [1.54, 1.807) is 0 Å². The maximum absolute atomic E-state index is 10.9. The van der Waals surface area contributed by atoms with Crippen LogP contribution in [0.25, 0.3) is 0 Å². The minimum Gasteiger partial charge on any atom is -0.480 e. The Kier molecular flexibility index (Phi) is 6.23. The summed E-state index contributed by atoms with van der Waals surface area (Å²) >= 11 is 0. The van der Waals surface area contributed by atoms with Crippen molar-refractivity contribution in [1.82, 2.24) is 5.32 Å². The maximum Gasteiger partial charge on any atom is 0.327 e. The third kappa shape index (κ3) is 6.58. The smallest absolute Gasteiger partial charge is 0.327 e. The molecule has 0 rings (SSSR count). The van der Waals surface area contributed by atoms with Crippen molar-refractivity contribution in [2.75, 3.05) is 13.6 Å². The number of hydrogen-bond acceptors (Lipinski definition) is 6. The predicted molar refractivity (Wildman–Crippen MR) is 49.9 cm³/mol. The highest BCUT2D eigenvalue weighted by molar-refractivity contribution is 5.86. The Bertz CT molecular complexity index is 253. The van der Waals surface area contributed by atoms with Crippen LogP contribution in [-0.4, -0.2) is 42.6 Å². The standard InChI is InChI=1S/C8H14N2O5/c1-10-4-7(12)15-6(11)3-2-5(9)8(13)14/h5,10H,2-4,9H2,1H3,(H,13,14)/t5-/m0/s1. The molecule has 0 heterocycles. The van der Waals surface area contributed by atoms with E-state index in [1.807, 2.05) is 0 Å². The Labute approximate surface area is 86.6 Å². The van der Waals surface area contributed by atoms with E-state index in [2.05, 4.69) is 10.1 Å². The first-order valence-corrected chi connectivity index (χ1v) is 4.34. The fourth-order valence-electron chi connectivity index (χ4n) is 0.755. The van der Waals surface area contributed by atoms with Gasteiger partial charge in [-0.1, -0.05) is 0 Å². The molecule has 0 unspecified atom stereocenters. The Morgan fingerprint density at radius 2 is 2.00 bits per heavy atom. The second kappa shape index (κ2) is 6.91. The summed E-state index contributed by atoms with van der Waals surface area (Å²) in [4.78, 5) is 32.0. The molecule has 0 saturated carbocycles. The van der Waals surface area contributed by atoms with E-state index < -0.39 is 23.9 Å². The third-order valence-electron chi connectivity index (χ3n) is 1.53. The van der Waals surface area contributed by atoms with Gasteiger partial charge in [-0.25, -0.2) is 0 Å². The van der Waals surface area contributed by atoms with Crippen molar-refractivity contribution in [3.63, 3.8) is 0 Å². The van der Waals surface area contributed by atoms with Crippen LogP contribution < -0.4 is 11.1 Å². The van der Waals surface area contributed by atoms with Gasteiger partial charge in [0, 0.05) is 6.42 Å². The zero-order chi connectivity index (χ0) is 11.8. The summed E-state index contributed by atoms with van der Waals surface area (Å²) in [6.45, 7) is -0.0727. The maximum atomic E-state index is 10.9. The SMILES string of the molecule is CNCC(=O)OC(=O)CC[C@H](N)C(=O)O. The van der Waals surface area contributed by atoms with Crippen molar-refractivity contribution in [1.29, 1.82) is 0 Å². The molecule has 0 saturated heterocycles. The number of likely N-dealkylation sites (N-methyl/N-ethyl adjacent to an activating group) is 1. The number of ether oxygens (including phenoxy) is 1. The van der Waals surface area contributed by atoms with Crippen molar-refractivity contribution in [3.8, 4) is 0 Å². The van der Waals surface area contributed by atoms with Gasteiger partial charge in [0.2, 0.25) is 0 Å². The minimum atomic E-state index is -1.19. The zero-order valence-corrected chi connectivity index (χ0v) is 8.36. The van der Waals surface area contributed by atoms with Gasteiger partial charge in [-0.3, -0.25) is 14.4 Å². The van der Waals surface area contributed by atoms with E-state index in [1.165, 1.54) is 7.05 Å². The summed E-state index contributed by atoms with van der Waals surface area (Å²) in [5.74, 6) is -2.66. The molecule has 0 aromatic carbocycles. The highest BCUT2D eigenvalue weighted by Gasteiger charge is 2.15. The number of esters is 2. The molecule has 0 radical (unpaired) electrons. The van der Waals surface area contributed by atoms with Crippen molar-refractivity contribution < 1.29 is 24.2 Å². The number of carbonyl (C=O) groups excluding carboxylic acids is 2. The van der Waals surface area contributed by atoms with Crippen LogP contribution in [0.5, 0.6) is 0 Å². The van der Waals surface area contributed by atoms with Crippen LogP contribution in [0.2, 0.25) is 0 Å². The van der Waals surface area contributed by atoms with Gasteiger partial charge in [-0.05, 0) is 13.5 Å².